The molecular weight excluding hydrogens is 332 g/mol. The third-order valence-electron chi connectivity index (χ3n) is 3.16. The van der Waals surface area contributed by atoms with Gasteiger partial charge >= 0.3 is 11.4 Å². The van der Waals surface area contributed by atoms with Crippen molar-refractivity contribution in [1.29, 1.82) is 0 Å². The second-order valence-corrected chi connectivity index (χ2v) is 5.02. The van der Waals surface area contributed by atoms with Crippen molar-refractivity contribution in [2.75, 3.05) is 24.7 Å². The summed E-state index contributed by atoms with van der Waals surface area (Å²) in [4.78, 5) is 20.7. The fraction of sp³-hybridized carbons (Fsp3) is 0.200. The number of hydrogen-bond donors (Lipinski definition) is 2. The largest absolute Gasteiger partial charge is 0.487 e. The molecule has 0 fully saturated rings. The molecule has 0 spiro atoms. The summed E-state index contributed by atoms with van der Waals surface area (Å²) >= 11 is 0. The summed E-state index contributed by atoms with van der Waals surface area (Å²) < 4.78 is 10.7. The van der Waals surface area contributed by atoms with Crippen LogP contribution in [0.4, 0.5) is 22.7 Å². The van der Waals surface area contributed by atoms with E-state index >= 15 is 0 Å². The van der Waals surface area contributed by atoms with Gasteiger partial charge in [-0.25, -0.2) is 0 Å². The average molecular weight is 348 g/mol. The molecule has 2 aromatic rings. The maximum atomic E-state index is 10.9. The topological polar surface area (TPSA) is 157 Å². The summed E-state index contributed by atoms with van der Waals surface area (Å²) in [7, 11) is 0. The van der Waals surface area contributed by atoms with Crippen LogP contribution in [0.2, 0.25) is 0 Å². The van der Waals surface area contributed by atoms with Crippen molar-refractivity contribution in [3.05, 3.63) is 56.6 Å². The quantitative estimate of drug-likeness (QED) is 0.319. The van der Waals surface area contributed by atoms with E-state index in [0.717, 1.165) is 0 Å². The first-order valence-corrected chi connectivity index (χ1v) is 7.22. The van der Waals surface area contributed by atoms with E-state index < -0.39 is 9.85 Å². The monoisotopic (exact) mass is 348 g/mol. The minimum absolute atomic E-state index is 0.0951. The van der Waals surface area contributed by atoms with E-state index in [1.165, 1.54) is 36.4 Å². The number of benzene rings is 2. The molecule has 0 saturated carbocycles. The van der Waals surface area contributed by atoms with Crippen LogP contribution in [0.1, 0.15) is 6.42 Å². The van der Waals surface area contributed by atoms with E-state index in [0.29, 0.717) is 6.42 Å². The summed E-state index contributed by atoms with van der Waals surface area (Å²) in [6.45, 7) is 0.265. The van der Waals surface area contributed by atoms with Gasteiger partial charge in [0.1, 0.15) is 0 Å². The molecule has 10 nitrogen and oxygen atoms in total. The van der Waals surface area contributed by atoms with Crippen molar-refractivity contribution in [3.63, 3.8) is 0 Å². The number of nitrogens with zero attached hydrogens (tertiary/aromatic N) is 2. The minimum Gasteiger partial charge on any atom is -0.487 e. The molecule has 2 aromatic carbocycles. The molecule has 0 bridgehead atoms. The van der Waals surface area contributed by atoms with Crippen molar-refractivity contribution in [1.82, 2.24) is 0 Å². The number of ether oxygens (including phenoxy) is 2. The first kappa shape index (κ1) is 17.8. The molecule has 0 aliphatic rings. The predicted octanol–water partition coefficient (Wildman–Crippen LogP) is 2.52. The molecule has 0 aromatic heterocycles. The molecule has 4 N–H and O–H groups in total. The Hall–Kier alpha value is -3.56. The normalized spacial score (nSPS) is 10.2. The molecule has 0 atom stereocenters. The summed E-state index contributed by atoms with van der Waals surface area (Å²) in [6.07, 6.45) is 0.364. The number of nitrogen functional groups attached to an aromatic ring is 2. The van der Waals surface area contributed by atoms with Crippen LogP contribution in [0.15, 0.2) is 36.4 Å². The summed E-state index contributed by atoms with van der Waals surface area (Å²) in [5.74, 6) is 0.190. The molecule has 0 aliphatic heterocycles. The van der Waals surface area contributed by atoms with E-state index in [9.17, 15) is 20.2 Å². The molecule has 0 amide bonds. The Labute approximate surface area is 142 Å². The molecule has 2 rings (SSSR count). The van der Waals surface area contributed by atoms with Crippen LogP contribution in [0.3, 0.4) is 0 Å². The molecule has 0 aliphatic carbocycles. The van der Waals surface area contributed by atoms with Gasteiger partial charge in [-0.15, -0.1) is 0 Å². The van der Waals surface area contributed by atoms with Gasteiger partial charge in [0.05, 0.1) is 23.1 Å². The van der Waals surface area contributed by atoms with Gasteiger partial charge in [0.2, 0.25) is 0 Å². The fourth-order valence-electron chi connectivity index (χ4n) is 2.02. The van der Waals surface area contributed by atoms with Gasteiger partial charge in [0.25, 0.3) is 0 Å². The lowest BCUT2D eigenvalue weighted by molar-refractivity contribution is -0.385. The Bertz CT molecular complexity index is 730. The highest BCUT2D eigenvalue weighted by Gasteiger charge is 2.16. The Kier molecular flexibility index (Phi) is 5.56. The Morgan fingerprint density at radius 1 is 0.800 bits per heavy atom. The maximum absolute atomic E-state index is 10.9. The van der Waals surface area contributed by atoms with Gasteiger partial charge < -0.3 is 20.9 Å². The Morgan fingerprint density at radius 2 is 1.20 bits per heavy atom. The van der Waals surface area contributed by atoms with Gasteiger partial charge in [-0.2, -0.15) is 0 Å². The second kappa shape index (κ2) is 7.81. The summed E-state index contributed by atoms with van der Waals surface area (Å²) in [5.41, 5.74) is 11.1. The smallest absolute Gasteiger partial charge is 0.312 e. The lowest BCUT2D eigenvalue weighted by Gasteiger charge is -2.09. The Balaban J connectivity index is 1.89. The molecule has 132 valence electrons. The van der Waals surface area contributed by atoms with Crippen molar-refractivity contribution in [2.45, 2.75) is 6.42 Å². The zero-order chi connectivity index (χ0) is 18.4. The highest BCUT2D eigenvalue weighted by Crippen LogP contribution is 2.30. The average Bonchev–Trinajstić information content (AvgIpc) is 2.56. The van der Waals surface area contributed by atoms with Crippen molar-refractivity contribution < 1.29 is 19.3 Å². The van der Waals surface area contributed by atoms with E-state index in [1.54, 1.807) is 0 Å². The predicted molar refractivity (Wildman–Crippen MR) is 90.6 cm³/mol. The summed E-state index contributed by atoms with van der Waals surface area (Å²) in [5, 5.41) is 21.9. The van der Waals surface area contributed by atoms with E-state index in [-0.39, 0.29) is 47.5 Å². The van der Waals surface area contributed by atoms with Crippen LogP contribution < -0.4 is 20.9 Å². The first-order chi connectivity index (χ1) is 11.9. The fourth-order valence-corrected chi connectivity index (χ4v) is 2.02. The molecule has 0 radical (unpaired) electrons. The Morgan fingerprint density at radius 3 is 1.56 bits per heavy atom. The van der Waals surface area contributed by atoms with Crippen LogP contribution in [-0.4, -0.2) is 23.1 Å². The number of anilines is 2. The zero-order valence-corrected chi connectivity index (χ0v) is 13.1. The third-order valence-corrected chi connectivity index (χ3v) is 3.16. The van der Waals surface area contributed by atoms with Crippen LogP contribution in [0.25, 0.3) is 0 Å². The standard InChI is InChI=1S/C15H16N4O6/c16-10-2-4-14(12(8-10)18(20)21)24-6-1-7-25-15-5-3-11(17)9-13(15)19(22)23/h2-5,8-9H,1,6-7,16-17H2. The molecule has 0 saturated heterocycles. The lowest BCUT2D eigenvalue weighted by atomic mass is 10.2. The van der Waals surface area contributed by atoms with Crippen LogP contribution in [-0.2, 0) is 0 Å². The third kappa shape index (κ3) is 4.70. The number of nitro benzene ring substituents is 2. The number of nitrogens with two attached hydrogens (primary N) is 2. The molecule has 0 unspecified atom stereocenters. The van der Waals surface area contributed by atoms with Crippen LogP contribution >= 0.6 is 0 Å². The zero-order valence-electron chi connectivity index (χ0n) is 13.1. The number of rotatable bonds is 8. The molecule has 0 heterocycles. The maximum Gasteiger partial charge on any atom is 0.312 e. The van der Waals surface area contributed by atoms with Gasteiger partial charge in [-0.1, -0.05) is 0 Å². The van der Waals surface area contributed by atoms with Crippen LogP contribution in [0.5, 0.6) is 11.5 Å². The molecular formula is C15H16N4O6. The first-order valence-electron chi connectivity index (χ1n) is 7.22. The van der Waals surface area contributed by atoms with E-state index in [2.05, 4.69) is 0 Å². The van der Waals surface area contributed by atoms with Gasteiger partial charge in [0, 0.05) is 29.9 Å². The number of nitro groups is 2. The van der Waals surface area contributed by atoms with Gasteiger partial charge in [0.15, 0.2) is 11.5 Å². The van der Waals surface area contributed by atoms with Crippen molar-refractivity contribution in [2.24, 2.45) is 0 Å². The lowest BCUT2D eigenvalue weighted by Crippen LogP contribution is -2.07. The highest BCUT2D eigenvalue weighted by atomic mass is 16.6. The van der Waals surface area contributed by atoms with Crippen LogP contribution in [0, 0.1) is 20.2 Å². The number of hydrogen-bond acceptors (Lipinski definition) is 8. The molecule has 10 heteroatoms. The summed E-state index contributed by atoms with van der Waals surface area (Å²) in [6, 6.07) is 8.25. The van der Waals surface area contributed by atoms with E-state index in [4.69, 9.17) is 20.9 Å². The minimum atomic E-state index is -0.583. The SMILES string of the molecule is Nc1ccc(OCCCOc2ccc(N)cc2[N+](=O)[O-])c([N+](=O)[O-])c1. The van der Waals surface area contributed by atoms with E-state index in [1.807, 2.05) is 0 Å². The van der Waals surface area contributed by atoms with Crippen molar-refractivity contribution >= 4 is 22.7 Å². The van der Waals surface area contributed by atoms with Crippen molar-refractivity contribution in [3.8, 4) is 11.5 Å². The van der Waals surface area contributed by atoms with Gasteiger partial charge in [-0.05, 0) is 24.3 Å². The van der Waals surface area contributed by atoms with Gasteiger partial charge in [-0.3, -0.25) is 20.2 Å². The second-order valence-electron chi connectivity index (χ2n) is 5.02. The highest BCUT2D eigenvalue weighted by molar-refractivity contribution is 5.57. The molecule has 25 heavy (non-hydrogen) atoms.